The van der Waals surface area contributed by atoms with Gasteiger partial charge in [0.2, 0.25) is 0 Å². The molecule has 0 saturated carbocycles. The molecule has 0 atom stereocenters. The lowest BCUT2D eigenvalue weighted by molar-refractivity contribution is 1.18. The summed E-state index contributed by atoms with van der Waals surface area (Å²) in [5.74, 6) is 0. The Balaban J connectivity index is 1.07. The summed E-state index contributed by atoms with van der Waals surface area (Å²) in [6.07, 6.45) is 0. The molecule has 2 nitrogen and oxygen atoms in total. The first-order valence-electron chi connectivity index (χ1n) is 18.2. The lowest BCUT2D eigenvalue weighted by Gasteiger charge is -2.22. The normalized spacial score (nSPS) is 12.5. The standard InChI is InChI=1S/C50H30N2S/c1-2-14-34(15-3-1)51-44-21-9-7-18-39(44)49-40-19-11-23-47-50(40)41(30-46(49)51)38-27-25-33(29-48(38)53-47)32-24-26-37-36-17-6-8-20-43(36)52(45(37)28-32)42-22-10-13-31-12-4-5-16-35(31)42/h1-30H. The van der Waals surface area contributed by atoms with E-state index in [2.05, 4.69) is 191 Å². The zero-order chi connectivity index (χ0) is 34.6. The molecule has 11 aromatic rings. The second-order valence-electron chi connectivity index (χ2n) is 14.1. The number of nitrogens with zero attached hydrogens (tertiary/aromatic N) is 2. The van der Waals surface area contributed by atoms with Gasteiger partial charge in [-0.3, -0.25) is 0 Å². The highest BCUT2D eigenvalue weighted by Gasteiger charge is 2.25. The fourth-order valence-electron chi connectivity index (χ4n) is 9.00. The van der Waals surface area contributed by atoms with E-state index in [4.69, 9.17) is 0 Å². The zero-order valence-electron chi connectivity index (χ0n) is 28.6. The number of benzene rings is 9. The summed E-state index contributed by atoms with van der Waals surface area (Å²) in [6, 6.07) is 67.1. The number of rotatable bonds is 3. The molecule has 1 aliphatic rings. The molecule has 0 unspecified atom stereocenters. The van der Waals surface area contributed by atoms with Gasteiger partial charge >= 0.3 is 0 Å². The Hall–Kier alpha value is -6.55. The number of hydrogen-bond acceptors (Lipinski definition) is 1. The van der Waals surface area contributed by atoms with Crippen molar-refractivity contribution in [3.63, 3.8) is 0 Å². The SMILES string of the molecule is c1ccc(-n2c3ccccc3c3c4cccc5c4c(cc32)-c2ccc(-c3ccc4c6ccccc6n(-c6cccc7ccccc67)c4c3)cc2S5)cc1. The van der Waals surface area contributed by atoms with Crippen molar-refractivity contribution in [2.75, 3.05) is 0 Å². The van der Waals surface area contributed by atoms with Crippen molar-refractivity contribution in [2.24, 2.45) is 0 Å². The van der Waals surface area contributed by atoms with Gasteiger partial charge < -0.3 is 9.13 Å². The molecule has 0 radical (unpaired) electrons. The first-order chi connectivity index (χ1) is 26.3. The summed E-state index contributed by atoms with van der Waals surface area (Å²) < 4.78 is 4.89. The Kier molecular flexibility index (Phi) is 6.02. The minimum absolute atomic E-state index is 1.18. The van der Waals surface area contributed by atoms with Crippen LogP contribution in [0.5, 0.6) is 0 Å². The van der Waals surface area contributed by atoms with Gasteiger partial charge in [-0.25, -0.2) is 0 Å². The third-order valence-electron chi connectivity index (χ3n) is 11.3. The highest BCUT2D eigenvalue weighted by atomic mass is 32.2. The maximum atomic E-state index is 2.46. The zero-order valence-corrected chi connectivity index (χ0v) is 29.4. The molecule has 0 fully saturated rings. The molecule has 3 heterocycles. The molecule has 246 valence electrons. The van der Waals surface area contributed by atoms with E-state index in [1.807, 2.05) is 11.8 Å². The molecule has 0 bridgehead atoms. The van der Waals surface area contributed by atoms with Crippen LogP contribution in [0.1, 0.15) is 0 Å². The summed E-state index contributed by atoms with van der Waals surface area (Å²) >= 11 is 1.90. The minimum atomic E-state index is 1.18. The van der Waals surface area contributed by atoms with Crippen molar-refractivity contribution < 1.29 is 0 Å². The fourth-order valence-corrected chi connectivity index (χ4v) is 10.2. The molecule has 0 amide bonds. The monoisotopic (exact) mass is 690 g/mol. The van der Waals surface area contributed by atoms with E-state index in [1.54, 1.807) is 0 Å². The summed E-state index contributed by atoms with van der Waals surface area (Å²) in [5, 5.41) is 10.3. The molecular formula is C50H30N2S. The van der Waals surface area contributed by atoms with Gasteiger partial charge in [0.05, 0.1) is 27.8 Å². The summed E-state index contributed by atoms with van der Waals surface area (Å²) in [5.41, 5.74) is 12.3. The Bertz CT molecular complexity index is 3310. The van der Waals surface area contributed by atoms with Crippen LogP contribution >= 0.6 is 11.8 Å². The maximum Gasteiger partial charge on any atom is 0.0553 e. The summed E-state index contributed by atoms with van der Waals surface area (Å²) in [6.45, 7) is 0. The van der Waals surface area contributed by atoms with Crippen LogP contribution in [0.15, 0.2) is 192 Å². The van der Waals surface area contributed by atoms with Crippen LogP contribution in [-0.4, -0.2) is 9.13 Å². The predicted octanol–water partition coefficient (Wildman–Crippen LogP) is 14.0. The second-order valence-corrected chi connectivity index (χ2v) is 15.2. The van der Waals surface area contributed by atoms with Crippen molar-refractivity contribution >= 4 is 76.9 Å². The van der Waals surface area contributed by atoms with Crippen molar-refractivity contribution in [1.29, 1.82) is 0 Å². The first kappa shape index (κ1) is 29.1. The maximum absolute atomic E-state index is 2.46. The Morgan fingerprint density at radius 3 is 1.89 bits per heavy atom. The van der Waals surface area contributed by atoms with Crippen LogP contribution in [0, 0.1) is 0 Å². The highest BCUT2D eigenvalue weighted by Crippen LogP contribution is 2.52. The van der Waals surface area contributed by atoms with E-state index < -0.39 is 0 Å². The Labute approximate surface area is 310 Å². The predicted molar refractivity (Wildman–Crippen MR) is 225 cm³/mol. The van der Waals surface area contributed by atoms with Gasteiger partial charge in [-0.15, -0.1) is 0 Å². The van der Waals surface area contributed by atoms with Gasteiger partial charge in [0.15, 0.2) is 0 Å². The summed E-state index contributed by atoms with van der Waals surface area (Å²) in [4.78, 5) is 2.60. The average molecular weight is 691 g/mol. The van der Waals surface area contributed by atoms with Gasteiger partial charge in [0, 0.05) is 47.8 Å². The van der Waals surface area contributed by atoms with E-state index in [0.717, 1.165) is 0 Å². The molecule has 0 spiro atoms. The molecule has 0 aliphatic carbocycles. The molecule has 12 rings (SSSR count). The average Bonchev–Trinajstić information content (AvgIpc) is 3.73. The number of para-hydroxylation sites is 3. The van der Waals surface area contributed by atoms with Crippen LogP contribution < -0.4 is 0 Å². The summed E-state index contributed by atoms with van der Waals surface area (Å²) in [7, 11) is 0. The van der Waals surface area contributed by atoms with E-state index in [0.29, 0.717) is 0 Å². The molecular weight excluding hydrogens is 661 g/mol. The van der Waals surface area contributed by atoms with Gasteiger partial charge in [0.25, 0.3) is 0 Å². The van der Waals surface area contributed by atoms with Crippen LogP contribution in [0.4, 0.5) is 0 Å². The van der Waals surface area contributed by atoms with E-state index in [1.165, 1.54) is 109 Å². The molecule has 1 aliphatic heterocycles. The van der Waals surface area contributed by atoms with Crippen molar-refractivity contribution in [3.05, 3.63) is 182 Å². The van der Waals surface area contributed by atoms with Crippen molar-refractivity contribution in [1.82, 2.24) is 9.13 Å². The first-order valence-corrected chi connectivity index (χ1v) is 19.0. The fraction of sp³-hybridized carbons (Fsp3) is 0. The quantitative estimate of drug-likeness (QED) is 0.179. The van der Waals surface area contributed by atoms with Gasteiger partial charge in [-0.2, -0.15) is 0 Å². The third kappa shape index (κ3) is 4.11. The molecule has 2 aromatic heterocycles. The number of aromatic nitrogens is 2. The Morgan fingerprint density at radius 2 is 1.00 bits per heavy atom. The lowest BCUT2D eigenvalue weighted by atomic mass is 9.93. The third-order valence-corrected chi connectivity index (χ3v) is 12.4. The highest BCUT2D eigenvalue weighted by molar-refractivity contribution is 7.99. The molecule has 0 saturated heterocycles. The Morgan fingerprint density at radius 1 is 0.340 bits per heavy atom. The van der Waals surface area contributed by atoms with Gasteiger partial charge in [0.1, 0.15) is 0 Å². The van der Waals surface area contributed by atoms with Crippen molar-refractivity contribution in [3.8, 4) is 33.6 Å². The van der Waals surface area contributed by atoms with Crippen LogP contribution in [-0.2, 0) is 0 Å². The smallest absolute Gasteiger partial charge is 0.0553 e. The molecule has 0 N–H and O–H groups in total. The minimum Gasteiger partial charge on any atom is -0.309 e. The van der Waals surface area contributed by atoms with Gasteiger partial charge in [-0.1, -0.05) is 139 Å². The van der Waals surface area contributed by atoms with Crippen molar-refractivity contribution in [2.45, 2.75) is 9.79 Å². The van der Waals surface area contributed by atoms with E-state index in [9.17, 15) is 0 Å². The number of hydrogen-bond donors (Lipinski definition) is 0. The van der Waals surface area contributed by atoms with Crippen LogP contribution in [0.25, 0.3) is 98.8 Å². The van der Waals surface area contributed by atoms with Gasteiger partial charge in [-0.05, 0) is 87.6 Å². The van der Waals surface area contributed by atoms with Crippen LogP contribution in [0.2, 0.25) is 0 Å². The molecule has 53 heavy (non-hydrogen) atoms. The molecule has 3 heteroatoms. The number of fused-ring (bicyclic) bond motifs is 10. The van der Waals surface area contributed by atoms with E-state index in [-0.39, 0.29) is 0 Å². The van der Waals surface area contributed by atoms with Crippen LogP contribution in [0.3, 0.4) is 0 Å². The van der Waals surface area contributed by atoms with E-state index >= 15 is 0 Å². The second kappa shape index (κ2) is 11.0. The topological polar surface area (TPSA) is 9.86 Å². The molecule has 9 aromatic carbocycles. The largest absolute Gasteiger partial charge is 0.309 e. The lowest BCUT2D eigenvalue weighted by Crippen LogP contribution is -1.97.